The van der Waals surface area contributed by atoms with Gasteiger partial charge in [0.2, 0.25) is 0 Å². The molecular weight excluding hydrogens is 550 g/mol. The van der Waals surface area contributed by atoms with Crippen LogP contribution in [0.3, 0.4) is 0 Å². The van der Waals surface area contributed by atoms with Gasteiger partial charge < -0.3 is 4.74 Å². The average Bonchev–Trinajstić information content (AvgIpc) is 3.29. The number of nitrogens with zero attached hydrogens (tertiary/aromatic N) is 4. The minimum absolute atomic E-state index is 0.114. The molecule has 0 saturated heterocycles. The Morgan fingerprint density at radius 2 is 1.86 bits per heavy atom. The maximum absolute atomic E-state index is 12.4. The fourth-order valence-corrected chi connectivity index (χ4v) is 4.41. The molecule has 178 valence electrons. The molecule has 4 aromatic rings. The van der Waals surface area contributed by atoms with Gasteiger partial charge in [0.1, 0.15) is 5.75 Å². The Morgan fingerprint density at radius 3 is 2.57 bits per heavy atom. The number of carbonyl (C=O) groups excluding carboxylic acids is 1. The summed E-state index contributed by atoms with van der Waals surface area (Å²) >= 11 is 10.8. The second kappa shape index (κ2) is 12.0. The van der Waals surface area contributed by atoms with E-state index in [1.807, 2.05) is 72.2 Å². The van der Waals surface area contributed by atoms with E-state index in [9.17, 15) is 4.79 Å². The number of ether oxygens (including phenoxy) is 1. The highest BCUT2D eigenvalue weighted by atomic mass is 79.9. The normalized spacial score (nSPS) is 11.1. The molecule has 10 heteroatoms. The van der Waals surface area contributed by atoms with Crippen LogP contribution >= 0.6 is 39.3 Å². The van der Waals surface area contributed by atoms with Crippen molar-refractivity contribution in [3.63, 3.8) is 0 Å². The van der Waals surface area contributed by atoms with E-state index >= 15 is 0 Å². The number of thioether (sulfide) groups is 1. The van der Waals surface area contributed by atoms with E-state index < -0.39 is 0 Å². The third kappa shape index (κ3) is 6.50. The van der Waals surface area contributed by atoms with Gasteiger partial charge in [-0.3, -0.25) is 9.36 Å². The summed E-state index contributed by atoms with van der Waals surface area (Å²) in [5.41, 5.74) is 5.12. The molecule has 35 heavy (non-hydrogen) atoms. The molecule has 0 aliphatic carbocycles. The van der Waals surface area contributed by atoms with Crippen molar-refractivity contribution in [3.05, 3.63) is 87.9 Å². The van der Waals surface area contributed by atoms with Crippen molar-refractivity contribution in [2.75, 3.05) is 12.4 Å². The van der Waals surface area contributed by atoms with E-state index in [0.29, 0.717) is 22.6 Å². The molecule has 0 unspecified atom stereocenters. The fourth-order valence-electron chi connectivity index (χ4n) is 3.16. The van der Waals surface area contributed by atoms with Crippen LogP contribution in [0.15, 0.2) is 87.5 Å². The van der Waals surface area contributed by atoms with Crippen LogP contribution < -0.4 is 10.2 Å². The van der Waals surface area contributed by atoms with E-state index in [4.69, 9.17) is 16.3 Å². The highest BCUT2D eigenvalue weighted by Crippen LogP contribution is 2.29. The van der Waals surface area contributed by atoms with Gasteiger partial charge >= 0.3 is 0 Å². The largest absolute Gasteiger partial charge is 0.494 e. The van der Waals surface area contributed by atoms with Gasteiger partial charge in [0.05, 0.1) is 18.6 Å². The standard InChI is InChI=1S/C25H21BrClN5O2S/c1-2-34-21-13-11-20(12-14-21)32-24(17-7-9-19(27)10-8-17)30-31-25(32)35-16-23(33)29-28-15-18-5-3-4-6-22(18)26/h3-15H,2,16H2,1H3,(H,29,33)/b28-15-. The van der Waals surface area contributed by atoms with E-state index in [1.165, 1.54) is 11.8 Å². The number of hydrazone groups is 1. The number of aromatic nitrogens is 3. The van der Waals surface area contributed by atoms with Crippen LogP contribution in [-0.4, -0.2) is 39.2 Å². The van der Waals surface area contributed by atoms with Gasteiger partial charge in [0.15, 0.2) is 11.0 Å². The predicted octanol–water partition coefficient (Wildman–Crippen LogP) is 5.99. The second-order valence-electron chi connectivity index (χ2n) is 7.18. The summed E-state index contributed by atoms with van der Waals surface area (Å²) in [5, 5.41) is 14.0. The van der Waals surface area contributed by atoms with E-state index in [1.54, 1.807) is 18.3 Å². The minimum Gasteiger partial charge on any atom is -0.494 e. The molecule has 7 nitrogen and oxygen atoms in total. The zero-order valence-corrected chi connectivity index (χ0v) is 21.8. The van der Waals surface area contributed by atoms with Crippen molar-refractivity contribution in [1.82, 2.24) is 20.2 Å². The first-order valence-electron chi connectivity index (χ1n) is 10.7. The third-order valence-corrected chi connectivity index (χ3v) is 6.68. The summed E-state index contributed by atoms with van der Waals surface area (Å²) < 4.78 is 8.36. The van der Waals surface area contributed by atoms with E-state index in [0.717, 1.165) is 27.0 Å². The Kier molecular flexibility index (Phi) is 8.57. The number of hydrogen-bond acceptors (Lipinski definition) is 6. The third-order valence-electron chi connectivity index (χ3n) is 4.77. The van der Waals surface area contributed by atoms with Gasteiger partial charge in [-0.25, -0.2) is 5.43 Å². The van der Waals surface area contributed by atoms with Crippen molar-refractivity contribution in [1.29, 1.82) is 0 Å². The van der Waals surface area contributed by atoms with Crippen LogP contribution in [0.5, 0.6) is 5.75 Å². The average molecular weight is 571 g/mol. The molecule has 0 saturated carbocycles. The topological polar surface area (TPSA) is 81.4 Å². The fraction of sp³-hybridized carbons (Fsp3) is 0.120. The van der Waals surface area contributed by atoms with Gasteiger partial charge in [-0.1, -0.05) is 57.5 Å². The molecule has 0 aliphatic rings. The number of amides is 1. The summed E-state index contributed by atoms with van der Waals surface area (Å²) in [6, 6.07) is 22.6. The Balaban J connectivity index is 1.53. The molecule has 0 bridgehead atoms. The van der Waals surface area contributed by atoms with Crippen molar-refractivity contribution in [2.45, 2.75) is 12.1 Å². The zero-order valence-electron chi connectivity index (χ0n) is 18.7. The van der Waals surface area contributed by atoms with Gasteiger partial charge in [0.25, 0.3) is 5.91 Å². The Bertz CT molecular complexity index is 1330. The summed E-state index contributed by atoms with van der Waals surface area (Å²) in [5.74, 6) is 1.27. The summed E-state index contributed by atoms with van der Waals surface area (Å²) in [6.45, 7) is 2.52. The molecule has 0 radical (unpaired) electrons. The molecule has 0 aliphatic heterocycles. The van der Waals surface area contributed by atoms with Gasteiger partial charge in [-0.15, -0.1) is 10.2 Å². The lowest BCUT2D eigenvalue weighted by Gasteiger charge is -2.11. The molecule has 0 atom stereocenters. The highest BCUT2D eigenvalue weighted by molar-refractivity contribution is 9.10. The first kappa shape index (κ1) is 25.0. The number of rotatable bonds is 9. The summed E-state index contributed by atoms with van der Waals surface area (Å²) in [7, 11) is 0. The van der Waals surface area contributed by atoms with Crippen LogP contribution in [0.25, 0.3) is 17.1 Å². The molecule has 1 aromatic heterocycles. The zero-order chi connectivity index (χ0) is 24.6. The molecule has 3 aromatic carbocycles. The van der Waals surface area contributed by atoms with Crippen molar-refractivity contribution in [3.8, 4) is 22.8 Å². The first-order chi connectivity index (χ1) is 17.0. The van der Waals surface area contributed by atoms with Crippen LogP contribution in [0.4, 0.5) is 0 Å². The lowest BCUT2D eigenvalue weighted by Crippen LogP contribution is -2.20. The van der Waals surface area contributed by atoms with Crippen LogP contribution in [-0.2, 0) is 4.79 Å². The lowest BCUT2D eigenvalue weighted by atomic mass is 10.2. The molecule has 0 fully saturated rings. The van der Waals surface area contributed by atoms with Crippen molar-refractivity contribution in [2.24, 2.45) is 5.10 Å². The van der Waals surface area contributed by atoms with Crippen molar-refractivity contribution >= 4 is 51.4 Å². The molecular formula is C25H21BrClN5O2S. The molecule has 1 N–H and O–H groups in total. The van der Waals surface area contributed by atoms with E-state index in [-0.39, 0.29) is 11.7 Å². The van der Waals surface area contributed by atoms with E-state index in [2.05, 4.69) is 36.7 Å². The summed E-state index contributed by atoms with van der Waals surface area (Å²) in [4.78, 5) is 12.4. The van der Waals surface area contributed by atoms with Gasteiger partial charge in [0, 0.05) is 26.3 Å². The second-order valence-corrected chi connectivity index (χ2v) is 9.41. The van der Waals surface area contributed by atoms with Gasteiger partial charge in [-0.2, -0.15) is 5.10 Å². The highest BCUT2D eigenvalue weighted by Gasteiger charge is 2.17. The number of benzene rings is 3. The smallest absolute Gasteiger partial charge is 0.250 e. The Hall–Kier alpha value is -3.14. The quantitative estimate of drug-likeness (QED) is 0.152. The number of carbonyl (C=O) groups is 1. The Morgan fingerprint density at radius 1 is 1.11 bits per heavy atom. The van der Waals surface area contributed by atoms with Crippen molar-refractivity contribution < 1.29 is 9.53 Å². The Labute approximate surface area is 220 Å². The monoisotopic (exact) mass is 569 g/mol. The molecule has 1 heterocycles. The maximum atomic E-state index is 12.4. The minimum atomic E-state index is -0.257. The van der Waals surface area contributed by atoms with Gasteiger partial charge in [-0.05, 0) is 61.5 Å². The predicted molar refractivity (Wildman–Crippen MR) is 144 cm³/mol. The number of hydrogen-bond donors (Lipinski definition) is 1. The lowest BCUT2D eigenvalue weighted by molar-refractivity contribution is -0.118. The van der Waals surface area contributed by atoms with Crippen LogP contribution in [0.2, 0.25) is 5.02 Å². The van der Waals surface area contributed by atoms with Crippen LogP contribution in [0, 0.1) is 0 Å². The maximum Gasteiger partial charge on any atom is 0.250 e. The number of nitrogens with one attached hydrogen (secondary N) is 1. The molecule has 4 rings (SSSR count). The van der Waals surface area contributed by atoms with Crippen LogP contribution in [0.1, 0.15) is 12.5 Å². The SMILES string of the molecule is CCOc1ccc(-n2c(SCC(=O)N/N=C\c3ccccc3Br)nnc2-c2ccc(Cl)cc2)cc1. The molecule has 0 spiro atoms. The summed E-state index contributed by atoms with van der Waals surface area (Å²) in [6.07, 6.45) is 1.59. The first-order valence-corrected chi connectivity index (χ1v) is 12.8. The number of halogens is 2. The molecule has 1 amide bonds.